The molecule has 1 unspecified atom stereocenters. The van der Waals surface area contributed by atoms with Gasteiger partial charge in [0.1, 0.15) is 23.0 Å². The van der Waals surface area contributed by atoms with Crippen molar-refractivity contribution in [3.63, 3.8) is 0 Å². The Bertz CT molecular complexity index is 3500. The first kappa shape index (κ1) is 37.8. The zero-order chi connectivity index (χ0) is 42.9. The summed E-state index contributed by atoms with van der Waals surface area (Å²) in [6, 6.07) is 61.4. The molecule has 8 aromatic carbocycles. The van der Waals surface area contributed by atoms with Crippen LogP contribution in [-0.2, 0) is 5.41 Å². The van der Waals surface area contributed by atoms with E-state index in [1.54, 1.807) is 0 Å². The lowest BCUT2D eigenvalue weighted by molar-refractivity contribution is 0.278. The Morgan fingerprint density at radius 1 is 0.609 bits per heavy atom. The molecule has 1 aromatic heterocycles. The molecule has 64 heavy (non-hydrogen) atoms. The normalized spacial score (nSPS) is 16.0. The van der Waals surface area contributed by atoms with Gasteiger partial charge in [-0.25, -0.2) is 0 Å². The molecule has 1 aliphatic heterocycles. The number of hydrogen-bond donors (Lipinski definition) is 0. The molecule has 0 N–H and O–H groups in total. The monoisotopic (exact) mass is 823 g/mol. The Kier molecular flexibility index (Phi) is 8.81. The molecule has 306 valence electrons. The van der Waals surface area contributed by atoms with Crippen LogP contribution in [0.1, 0.15) is 37.0 Å². The minimum Gasteiger partial charge on any atom is -0.485 e. The molecule has 1 atom stereocenters. The zero-order valence-corrected chi connectivity index (χ0v) is 35.9. The first-order valence-corrected chi connectivity index (χ1v) is 22.2. The molecular formula is C61H45NO2. The molecule has 0 saturated heterocycles. The number of nitrogens with zero attached hydrogens (tertiary/aromatic N) is 1. The van der Waals surface area contributed by atoms with Gasteiger partial charge in [0.2, 0.25) is 0 Å². The third kappa shape index (κ3) is 6.27. The van der Waals surface area contributed by atoms with Crippen molar-refractivity contribution in [2.45, 2.75) is 31.8 Å². The second-order valence-corrected chi connectivity index (χ2v) is 17.7. The van der Waals surface area contributed by atoms with Gasteiger partial charge < -0.3 is 14.1 Å². The van der Waals surface area contributed by atoms with E-state index in [1.165, 1.54) is 55.3 Å². The van der Waals surface area contributed by atoms with E-state index in [0.717, 1.165) is 67.8 Å². The Hall–Kier alpha value is -7.88. The van der Waals surface area contributed by atoms with Gasteiger partial charge in [0, 0.05) is 51.3 Å². The SMILES string of the molecule is C=C/C=C(\C=C/N(c1ccc(-c2ccc3oc4ccccc4c3c2)cc1)c1ccc2c(c1)C(C)(C)c1cc(-c3ccc4ccccc4c3)ccc1-2)C1=CCC2Oc3ccccc3C2=C1. The van der Waals surface area contributed by atoms with Crippen molar-refractivity contribution in [1.82, 2.24) is 0 Å². The molecule has 0 bridgehead atoms. The van der Waals surface area contributed by atoms with Crippen molar-refractivity contribution in [2.24, 2.45) is 0 Å². The minimum absolute atomic E-state index is 0.0422. The highest BCUT2D eigenvalue weighted by Crippen LogP contribution is 2.51. The highest BCUT2D eigenvalue weighted by atomic mass is 16.5. The topological polar surface area (TPSA) is 25.6 Å². The Balaban J connectivity index is 0.927. The Labute approximate surface area is 373 Å². The highest BCUT2D eigenvalue weighted by Gasteiger charge is 2.36. The molecule has 0 saturated carbocycles. The van der Waals surface area contributed by atoms with E-state index in [0.29, 0.717) is 0 Å². The fraction of sp³-hybridized carbons (Fsp3) is 0.0820. The summed E-state index contributed by atoms with van der Waals surface area (Å²) in [5.74, 6) is 0.956. The van der Waals surface area contributed by atoms with E-state index in [4.69, 9.17) is 9.15 Å². The van der Waals surface area contributed by atoms with E-state index >= 15 is 0 Å². The summed E-state index contributed by atoms with van der Waals surface area (Å²) < 4.78 is 12.5. The number of furan rings is 1. The van der Waals surface area contributed by atoms with Gasteiger partial charge in [-0.1, -0.05) is 148 Å². The molecule has 0 fully saturated rings. The first-order valence-electron chi connectivity index (χ1n) is 22.2. The average Bonchev–Trinajstić information content (AvgIpc) is 3.98. The summed E-state index contributed by atoms with van der Waals surface area (Å²) in [6.45, 7) is 8.86. The zero-order valence-electron chi connectivity index (χ0n) is 35.9. The van der Waals surface area contributed by atoms with E-state index in [1.807, 2.05) is 24.3 Å². The van der Waals surface area contributed by atoms with Crippen LogP contribution in [0.2, 0.25) is 0 Å². The molecule has 12 rings (SSSR count). The van der Waals surface area contributed by atoms with Crippen LogP contribution in [0.15, 0.2) is 229 Å². The molecule has 2 heterocycles. The maximum atomic E-state index is 6.33. The van der Waals surface area contributed by atoms with Crippen molar-refractivity contribution in [2.75, 3.05) is 4.90 Å². The average molecular weight is 824 g/mol. The number of rotatable bonds is 8. The van der Waals surface area contributed by atoms with Gasteiger partial charge in [-0.3, -0.25) is 0 Å². The highest BCUT2D eigenvalue weighted by molar-refractivity contribution is 6.06. The lowest BCUT2D eigenvalue weighted by Gasteiger charge is -2.26. The predicted molar refractivity (Wildman–Crippen MR) is 267 cm³/mol. The van der Waals surface area contributed by atoms with Gasteiger partial charge >= 0.3 is 0 Å². The third-order valence-corrected chi connectivity index (χ3v) is 13.6. The Morgan fingerprint density at radius 3 is 2.16 bits per heavy atom. The first-order chi connectivity index (χ1) is 31.4. The van der Waals surface area contributed by atoms with E-state index in [-0.39, 0.29) is 11.5 Å². The smallest absolute Gasteiger partial charge is 0.135 e. The van der Waals surface area contributed by atoms with Crippen LogP contribution in [0.25, 0.3) is 71.7 Å². The lowest BCUT2D eigenvalue weighted by Crippen LogP contribution is -2.16. The second kappa shape index (κ2) is 14.9. The number of para-hydroxylation sites is 2. The number of ether oxygens (including phenoxy) is 1. The van der Waals surface area contributed by atoms with Crippen LogP contribution in [0.4, 0.5) is 11.4 Å². The minimum atomic E-state index is -0.216. The summed E-state index contributed by atoms with van der Waals surface area (Å²) >= 11 is 0. The van der Waals surface area contributed by atoms with Crippen LogP contribution in [0.3, 0.4) is 0 Å². The number of hydrogen-bond acceptors (Lipinski definition) is 3. The molecule has 3 aliphatic rings. The summed E-state index contributed by atoms with van der Waals surface area (Å²) in [5.41, 5.74) is 18.4. The largest absolute Gasteiger partial charge is 0.485 e. The standard InChI is InChI=1S/C61H45NO2/c1-4-11-39(44-23-30-59-53(35-44)51-14-7-9-16-57(51)63-59)32-33-62(47-25-20-41(21-26-47)45-24-31-60-54(36-45)52-15-8-10-17-58(52)64-60)48-27-29-50-49-28-22-46(37-55(49)61(2,3)56(50)38-48)43-19-18-40-12-5-6-13-42(40)34-43/h4-29,31-38,59H,1,30H2,2-3H3/b33-32-,39-11+. The number of anilines is 2. The number of fused-ring (bicyclic) bond motifs is 10. The van der Waals surface area contributed by atoms with Crippen LogP contribution >= 0.6 is 0 Å². The van der Waals surface area contributed by atoms with E-state index in [2.05, 4.69) is 207 Å². The molecule has 0 amide bonds. The van der Waals surface area contributed by atoms with Gasteiger partial charge in [0.05, 0.1) is 0 Å². The molecule has 3 heteroatoms. The molecule has 3 nitrogen and oxygen atoms in total. The van der Waals surface area contributed by atoms with Gasteiger partial charge in [0.15, 0.2) is 0 Å². The number of allylic oxidation sites excluding steroid dienone is 6. The molecule has 0 spiro atoms. The lowest BCUT2D eigenvalue weighted by atomic mass is 9.81. The van der Waals surface area contributed by atoms with Gasteiger partial charge in [0.25, 0.3) is 0 Å². The van der Waals surface area contributed by atoms with Crippen molar-refractivity contribution in [1.29, 1.82) is 0 Å². The van der Waals surface area contributed by atoms with Crippen LogP contribution < -0.4 is 9.64 Å². The van der Waals surface area contributed by atoms with Crippen molar-refractivity contribution in [3.05, 3.63) is 241 Å². The maximum Gasteiger partial charge on any atom is 0.135 e. The summed E-state index contributed by atoms with van der Waals surface area (Å²) in [6.07, 6.45) is 13.9. The third-order valence-electron chi connectivity index (χ3n) is 13.6. The number of benzene rings is 8. The van der Waals surface area contributed by atoms with Gasteiger partial charge in [-0.15, -0.1) is 0 Å². The maximum absolute atomic E-state index is 6.33. The quantitative estimate of drug-likeness (QED) is 0.143. The fourth-order valence-corrected chi connectivity index (χ4v) is 10.2. The van der Waals surface area contributed by atoms with Crippen molar-refractivity contribution >= 4 is 49.7 Å². The van der Waals surface area contributed by atoms with Crippen molar-refractivity contribution in [3.8, 4) is 39.1 Å². The summed E-state index contributed by atoms with van der Waals surface area (Å²) in [4.78, 5) is 2.32. The summed E-state index contributed by atoms with van der Waals surface area (Å²) in [7, 11) is 0. The second-order valence-electron chi connectivity index (χ2n) is 17.7. The molecular weight excluding hydrogens is 779 g/mol. The van der Waals surface area contributed by atoms with Crippen LogP contribution in [0.5, 0.6) is 5.75 Å². The van der Waals surface area contributed by atoms with Crippen LogP contribution in [-0.4, -0.2) is 6.10 Å². The van der Waals surface area contributed by atoms with Gasteiger partial charge in [-0.2, -0.15) is 0 Å². The van der Waals surface area contributed by atoms with Crippen molar-refractivity contribution < 1.29 is 9.15 Å². The molecule has 9 aromatic rings. The summed E-state index contributed by atoms with van der Waals surface area (Å²) in [5, 5.41) is 4.77. The molecule has 2 aliphatic carbocycles. The fourth-order valence-electron chi connectivity index (χ4n) is 10.2. The predicted octanol–water partition coefficient (Wildman–Crippen LogP) is 16.3. The van der Waals surface area contributed by atoms with Crippen LogP contribution in [0, 0.1) is 0 Å². The molecule has 0 radical (unpaired) electrons. The van der Waals surface area contributed by atoms with E-state index < -0.39 is 0 Å². The Morgan fingerprint density at radius 2 is 1.28 bits per heavy atom. The van der Waals surface area contributed by atoms with Gasteiger partial charge in [-0.05, 0) is 139 Å². The van der Waals surface area contributed by atoms with E-state index in [9.17, 15) is 0 Å².